The molecule has 19 heavy (non-hydrogen) atoms. The van der Waals surface area contributed by atoms with Gasteiger partial charge in [0.1, 0.15) is 17.8 Å². The molecule has 2 N–H and O–H groups in total. The van der Waals surface area contributed by atoms with E-state index in [0.717, 1.165) is 6.26 Å². The zero-order valence-corrected chi connectivity index (χ0v) is 11.4. The first-order valence-corrected chi connectivity index (χ1v) is 5.75. The number of nitrogens with two attached hydrogens (primary N) is 1. The van der Waals surface area contributed by atoms with Crippen LogP contribution in [0.5, 0.6) is 0 Å². The third kappa shape index (κ3) is 4.06. The second kappa shape index (κ2) is 5.83. The molecule has 1 aromatic heterocycles. The van der Waals surface area contributed by atoms with E-state index in [4.69, 9.17) is 14.9 Å². The Hall–Kier alpha value is -1.89. The lowest BCUT2D eigenvalue weighted by Crippen LogP contribution is -2.31. The van der Waals surface area contributed by atoms with Gasteiger partial charge in [0.05, 0.1) is 7.11 Å². The van der Waals surface area contributed by atoms with Crippen LogP contribution in [0, 0.1) is 0 Å². The average Bonchev–Trinajstić information content (AvgIpc) is 2.76. The summed E-state index contributed by atoms with van der Waals surface area (Å²) in [5.74, 6) is -2.00. The number of nitrogens with zero attached hydrogens (tertiary/aromatic N) is 1. The molecule has 1 heterocycles. The van der Waals surface area contributed by atoms with Gasteiger partial charge in [0.15, 0.2) is 5.69 Å². The lowest BCUT2D eigenvalue weighted by atomic mass is 10.1. The van der Waals surface area contributed by atoms with Crippen molar-refractivity contribution in [3.63, 3.8) is 0 Å². The Balaban J connectivity index is 2.88. The summed E-state index contributed by atoms with van der Waals surface area (Å²) in [4.78, 5) is 27.0. The third-order valence-corrected chi connectivity index (χ3v) is 2.14. The van der Waals surface area contributed by atoms with Crippen molar-refractivity contribution >= 4 is 11.9 Å². The van der Waals surface area contributed by atoms with Crippen molar-refractivity contribution in [1.82, 2.24) is 4.98 Å². The number of oxazole rings is 1. The molecule has 7 heteroatoms. The fourth-order valence-electron chi connectivity index (χ4n) is 1.32. The molecule has 0 amide bonds. The smallest absolute Gasteiger partial charge is 0.360 e. The van der Waals surface area contributed by atoms with E-state index in [1.165, 1.54) is 7.11 Å². The number of esters is 2. The number of methoxy groups -OCH3 is 1. The summed E-state index contributed by atoms with van der Waals surface area (Å²) in [6.45, 7) is 5.20. The summed E-state index contributed by atoms with van der Waals surface area (Å²) < 4.78 is 14.8. The molecule has 0 fully saturated rings. The number of rotatable bonds is 4. The van der Waals surface area contributed by atoms with Gasteiger partial charge in [0.25, 0.3) is 0 Å². The maximum atomic E-state index is 11.9. The van der Waals surface area contributed by atoms with E-state index in [1.54, 1.807) is 20.8 Å². The number of hydrogen-bond acceptors (Lipinski definition) is 7. The van der Waals surface area contributed by atoms with Crippen LogP contribution in [0.2, 0.25) is 0 Å². The second-order valence-corrected chi connectivity index (χ2v) is 4.88. The lowest BCUT2D eigenvalue weighted by Gasteiger charge is -2.21. The number of carbonyl (C=O) groups is 2. The molecule has 106 valence electrons. The molecule has 1 rings (SSSR count). The van der Waals surface area contributed by atoms with Crippen LogP contribution in [0.1, 0.15) is 43.1 Å². The Bertz CT molecular complexity index is 461. The van der Waals surface area contributed by atoms with Crippen LogP contribution >= 0.6 is 0 Å². The summed E-state index contributed by atoms with van der Waals surface area (Å²) in [5, 5.41) is 0. The fourth-order valence-corrected chi connectivity index (χ4v) is 1.32. The Labute approximate surface area is 111 Å². The normalized spacial score (nSPS) is 12.9. The third-order valence-electron chi connectivity index (χ3n) is 2.14. The van der Waals surface area contributed by atoms with Gasteiger partial charge in [-0.25, -0.2) is 9.78 Å². The Morgan fingerprint density at radius 2 is 2.11 bits per heavy atom. The molecule has 0 aliphatic rings. The van der Waals surface area contributed by atoms with Crippen molar-refractivity contribution in [2.45, 2.75) is 32.3 Å². The fraction of sp³-hybridized carbons (Fsp3) is 0.583. The van der Waals surface area contributed by atoms with Gasteiger partial charge in [-0.05, 0) is 20.8 Å². The van der Waals surface area contributed by atoms with E-state index in [0.29, 0.717) is 0 Å². The van der Waals surface area contributed by atoms with Crippen molar-refractivity contribution in [3.05, 3.63) is 17.8 Å². The predicted octanol–water partition coefficient (Wildman–Crippen LogP) is 0.845. The van der Waals surface area contributed by atoms with Crippen LogP contribution < -0.4 is 5.73 Å². The summed E-state index contributed by atoms with van der Waals surface area (Å²) >= 11 is 0. The monoisotopic (exact) mass is 270 g/mol. The first-order chi connectivity index (χ1) is 8.78. The van der Waals surface area contributed by atoms with E-state index in [1.807, 2.05) is 0 Å². The highest BCUT2D eigenvalue weighted by atomic mass is 16.6. The quantitative estimate of drug-likeness (QED) is 0.808. The van der Waals surface area contributed by atoms with Crippen LogP contribution in [0.4, 0.5) is 0 Å². The van der Waals surface area contributed by atoms with Gasteiger partial charge in [-0.1, -0.05) is 0 Å². The summed E-state index contributed by atoms with van der Waals surface area (Å²) in [5.41, 5.74) is 4.87. The highest BCUT2D eigenvalue weighted by molar-refractivity contribution is 5.87. The number of hydrogen-bond donors (Lipinski definition) is 1. The Morgan fingerprint density at radius 1 is 1.47 bits per heavy atom. The van der Waals surface area contributed by atoms with Crippen LogP contribution in [0.25, 0.3) is 0 Å². The second-order valence-electron chi connectivity index (χ2n) is 4.88. The molecular formula is C12H18N2O5. The van der Waals surface area contributed by atoms with E-state index in [-0.39, 0.29) is 18.1 Å². The van der Waals surface area contributed by atoms with Gasteiger partial charge in [0.2, 0.25) is 5.89 Å². The standard InChI is InChI=1S/C12H18N2O5/c1-12(2,3)19-10(15)7(5-13)9-14-8(6-18-9)11(16)17-4/h6-7H,5,13H2,1-4H3/t7-/m1/s1. The molecule has 0 unspecified atom stereocenters. The number of aromatic nitrogens is 1. The summed E-state index contributed by atoms with van der Waals surface area (Å²) in [6.07, 6.45) is 1.12. The van der Waals surface area contributed by atoms with E-state index >= 15 is 0 Å². The van der Waals surface area contributed by atoms with E-state index < -0.39 is 23.5 Å². The van der Waals surface area contributed by atoms with Gasteiger partial charge in [-0.15, -0.1) is 0 Å². The van der Waals surface area contributed by atoms with E-state index in [9.17, 15) is 9.59 Å². The molecule has 0 radical (unpaired) electrons. The molecular weight excluding hydrogens is 252 g/mol. The van der Waals surface area contributed by atoms with Gasteiger partial charge in [-0.2, -0.15) is 0 Å². The summed E-state index contributed by atoms with van der Waals surface area (Å²) in [7, 11) is 1.23. The van der Waals surface area contributed by atoms with Gasteiger partial charge in [0, 0.05) is 6.54 Å². The van der Waals surface area contributed by atoms with Crippen molar-refractivity contribution in [2.75, 3.05) is 13.7 Å². The molecule has 0 spiro atoms. The first-order valence-electron chi connectivity index (χ1n) is 5.75. The maximum Gasteiger partial charge on any atom is 0.360 e. The van der Waals surface area contributed by atoms with Gasteiger partial charge >= 0.3 is 11.9 Å². The molecule has 1 atom stereocenters. The maximum absolute atomic E-state index is 11.9. The summed E-state index contributed by atoms with van der Waals surface area (Å²) in [6, 6.07) is 0. The van der Waals surface area contributed by atoms with Crippen molar-refractivity contribution < 1.29 is 23.5 Å². The van der Waals surface area contributed by atoms with Crippen molar-refractivity contribution in [2.24, 2.45) is 5.73 Å². The molecule has 0 bridgehead atoms. The largest absolute Gasteiger partial charge is 0.464 e. The van der Waals surface area contributed by atoms with Crippen molar-refractivity contribution in [3.8, 4) is 0 Å². The number of carbonyl (C=O) groups excluding carboxylic acids is 2. The average molecular weight is 270 g/mol. The molecule has 0 saturated carbocycles. The number of ether oxygens (including phenoxy) is 2. The predicted molar refractivity (Wildman–Crippen MR) is 65.5 cm³/mol. The molecule has 1 aromatic rings. The highest BCUT2D eigenvalue weighted by Crippen LogP contribution is 2.19. The topological polar surface area (TPSA) is 105 Å². The molecule has 7 nitrogen and oxygen atoms in total. The molecule has 0 aliphatic heterocycles. The zero-order chi connectivity index (χ0) is 14.6. The van der Waals surface area contributed by atoms with Gasteiger partial charge in [-0.3, -0.25) is 4.79 Å². The Kier molecular flexibility index (Phi) is 4.66. The first kappa shape index (κ1) is 15.2. The van der Waals surface area contributed by atoms with Crippen LogP contribution in [-0.2, 0) is 14.3 Å². The minimum absolute atomic E-state index is 0.0143. The van der Waals surface area contributed by atoms with Crippen LogP contribution in [-0.4, -0.2) is 36.2 Å². The molecule has 0 saturated heterocycles. The van der Waals surface area contributed by atoms with E-state index in [2.05, 4.69) is 9.72 Å². The minimum Gasteiger partial charge on any atom is -0.464 e. The van der Waals surface area contributed by atoms with Crippen LogP contribution in [0.3, 0.4) is 0 Å². The SMILES string of the molecule is COC(=O)c1coc([C@@H](CN)C(=O)OC(C)(C)C)n1. The lowest BCUT2D eigenvalue weighted by molar-refractivity contribution is -0.157. The van der Waals surface area contributed by atoms with Gasteiger partial charge < -0.3 is 19.6 Å². The zero-order valence-electron chi connectivity index (χ0n) is 11.4. The molecule has 0 aliphatic carbocycles. The van der Waals surface area contributed by atoms with Crippen LogP contribution in [0.15, 0.2) is 10.7 Å². The molecule has 0 aromatic carbocycles. The Morgan fingerprint density at radius 3 is 2.58 bits per heavy atom. The highest BCUT2D eigenvalue weighted by Gasteiger charge is 2.30. The van der Waals surface area contributed by atoms with Crippen molar-refractivity contribution in [1.29, 1.82) is 0 Å². The minimum atomic E-state index is -0.849.